The van der Waals surface area contributed by atoms with Crippen LogP contribution < -0.4 is 21.3 Å². The van der Waals surface area contributed by atoms with Gasteiger partial charge in [0.1, 0.15) is 0 Å². The molecule has 1 fully saturated rings. The molecule has 2 aromatic rings. The molecule has 1 aliphatic carbocycles. The zero-order valence-electron chi connectivity index (χ0n) is 15.3. The van der Waals surface area contributed by atoms with E-state index in [4.69, 9.17) is 0 Å². The Morgan fingerprint density at radius 3 is 2.15 bits per heavy atom. The molecule has 140 valence electrons. The van der Waals surface area contributed by atoms with Gasteiger partial charge in [0.15, 0.2) is 0 Å². The van der Waals surface area contributed by atoms with E-state index in [2.05, 4.69) is 21.3 Å². The lowest BCUT2D eigenvalue weighted by molar-refractivity contribution is 0.0962. The highest BCUT2D eigenvalue weighted by atomic mass is 16.2. The molecule has 7 nitrogen and oxygen atoms in total. The SMILES string of the molecule is CNC(=O)c1ccc(NC(=O)c2ccc(NC(=O)NC3CC3)cc2)c(C)c1. The third-order valence-electron chi connectivity index (χ3n) is 4.28. The summed E-state index contributed by atoms with van der Waals surface area (Å²) in [4.78, 5) is 35.8. The van der Waals surface area contributed by atoms with Gasteiger partial charge in [-0.3, -0.25) is 9.59 Å². The first-order valence-corrected chi connectivity index (χ1v) is 8.78. The summed E-state index contributed by atoms with van der Waals surface area (Å²) in [5.41, 5.74) is 3.06. The van der Waals surface area contributed by atoms with Crippen LogP contribution in [-0.2, 0) is 0 Å². The summed E-state index contributed by atoms with van der Waals surface area (Å²) in [5.74, 6) is -0.440. The molecule has 3 rings (SSSR count). The van der Waals surface area contributed by atoms with Crippen molar-refractivity contribution in [2.75, 3.05) is 17.7 Å². The van der Waals surface area contributed by atoms with E-state index in [0.29, 0.717) is 22.5 Å². The zero-order valence-corrected chi connectivity index (χ0v) is 15.3. The van der Waals surface area contributed by atoms with E-state index in [9.17, 15) is 14.4 Å². The number of nitrogens with one attached hydrogen (secondary N) is 4. The average molecular weight is 366 g/mol. The van der Waals surface area contributed by atoms with Gasteiger partial charge < -0.3 is 21.3 Å². The molecular formula is C20H22N4O3. The van der Waals surface area contributed by atoms with E-state index in [1.54, 1.807) is 49.5 Å². The summed E-state index contributed by atoms with van der Waals surface area (Å²) < 4.78 is 0. The van der Waals surface area contributed by atoms with Gasteiger partial charge in [0.2, 0.25) is 0 Å². The second-order valence-corrected chi connectivity index (χ2v) is 6.51. The van der Waals surface area contributed by atoms with Gasteiger partial charge in [-0.15, -0.1) is 0 Å². The smallest absolute Gasteiger partial charge is 0.319 e. The third-order valence-corrected chi connectivity index (χ3v) is 4.28. The van der Waals surface area contributed by atoms with Crippen molar-refractivity contribution in [3.05, 3.63) is 59.2 Å². The second-order valence-electron chi connectivity index (χ2n) is 6.51. The van der Waals surface area contributed by atoms with Crippen LogP contribution in [0.1, 0.15) is 39.1 Å². The van der Waals surface area contributed by atoms with Crippen molar-refractivity contribution < 1.29 is 14.4 Å². The number of benzene rings is 2. The van der Waals surface area contributed by atoms with Crippen molar-refractivity contribution in [3.8, 4) is 0 Å². The normalized spacial score (nSPS) is 12.8. The van der Waals surface area contributed by atoms with Crippen LogP contribution in [0.3, 0.4) is 0 Å². The number of aryl methyl sites for hydroxylation is 1. The Balaban J connectivity index is 1.62. The standard InChI is InChI=1S/C20H22N4O3/c1-12-11-14(18(25)21-2)5-10-17(12)24-19(26)13-3-6-15(7-4-13)22-20(27)23-16-8-9-16/h3-7,10-11,16H,8-9H2,1-2H3,(H,21,25)(H,24,26)(H2,22,23,27). The Bertz CT molecular complexity index is 873. The van der Waals surface area contributed by atoms with E-state index in [0.717, 1.165) is 18.4 Å². The fourth-order valence-corrected chi connectivity index (χ4v) is 2.57. The molecule has 1 saturated carbocycles. The van der Waals surface area contributed by atoms with Crippen LogP contribution in [0.25, 0.3) is 0 Å². The van der Waals surface area contributed by atoms with E-state index < -0.39 is 0 Å². The minimum absolute atomic E-state index is 0.176. The number of rotatable bonds is 5. The number of anilines is 2. The van der Waals surface area contributed by atoms with Gasteiger partial charge in [0, 0.05) is 35.6 Å². The lowest BCUT2D eigenvalue weighted by atomic mass is 10.1. The van der Waals surface area contributed by atoms with Gasteiger partial charge >= 0.3 is 6.03 Å². The monoisotopic (exact) mass is 366 g/mol. The van der Waals surface area contributed by atoms with E-state index in [1.807, 2.05) is 6.92 Å². The number of carbonyl (C=O) groups excluding carboxylic acids is 3. The van der Waals surface area contributed by atoms with Crippen LogP contribution in [0.5, 0.6) is 0 Å². The number of carbonyl (C=O) groups is 3. The molecule has 1 aliphatic rings. The van der Waals surface area contributed by atoms with Gasteiger partial charge in [-0.05, 0) is 67.8 Å². The van der Waals surface area contributed by atoms with Crippen molar-refractivity contribution in [3.63, 3.8) is 0 Å². The Morgan fingerprint density at radius 1 is 0.889 bits per heavy atom. The molecule has 4 N–H and O–H groups in total. The van der Waals surface area contributed by atoms with Crippen molar-refractivity contribution in [1.29, 1.82) is 0 Å². The predicted octanol–water partition coefficient (Wildman–Crippen LogP) is 2.89. The molecule has 0 heterocycles. The van der Waals surface area contributed by atoms with Gasteiger partial charge in [-0.2, -0.15) is 0 Å². The van der Waals surface area contributed by atoms with Gasteiger partial charge in [0.25, 0.3) is 11.8 Å². The number of hydrogen-bond donors (Lipinski definition) is 4. The van der Waals surface area contributed by atoms with Crippen LogP contribution in [-0.4, -0.2) is 30.9 Å². The summed E-state index contributed by atoms with van der Waals surface area (Å²) >= 11 is 0. The lowest BCUT2D eigenvalue weighted by Gasteiger charge is -2.11. The summed E-state index contributed by atoms with van der Waals surface area (Å²) in [6.07, 6.45) is 2.05. The van der Waals surface area contributed by atoms with Crippen LogP contribution in [0.15, 0.2) is 42.5 Å². The summed E-state index contributed by atoms with van der Waals surface area (Å²) in [6.45, 7) is 1.83. The fraction of sp³-hybridized carbons (Fsp3) is 0.250. The minimum Gasteiger partial charge on any atom is -0.355 e. The molecule has 0 spiro atoms. The first kappa shape index (κ1) is 18.4. The highest BCUT2D eigenvalue weighted by molar-refractivity contribution is 6.05. The quantitative estimate of drug-likeness (QED) is 0.655. The molecule has 0 radical (unpaired) electrons. The van der Waals surface area contributed by atoms with Crippen molar-refractivity contribution in [2.45, 2.75) is 25.8 Å². The maximum Gasteiger partial charge on any atom is 0.319 e. The maximum atomic E-state index is 12.4. The van der Waals surface area contributed by atoms with Gasteiger partial charge in [-0.1, -0.05) is 0 Å². The molecule has 7 heteroatoms. The van der Waals surface area contributed by atoms with Crippen LogP contribution >= 0.6 is 0 Å². The van der Waals surface area contributed by atoms with Gasteiger partial charge in [0.05, 0.1) is 0 Å². The van der Waals surface area contributed by atoms with E-state index >= 15 is 0 Å². The van der Waals surface area contributed by atoms with Gasteiger partial charge in [-0.25, -0.2) is 4.79 Å². The predicted molar refractivity (Wildman–Crippen MR) is 104 cm³/mol. The second kappa shape index (κ2) is 7.90. The van der Waals surface area contributed by atoms with Crippen molar-refractivity contribution in [1.82, 2.24) is 10.6 Å². The summed E-state index contributed by atoms with van der Waals surface area (Å²) in [5, 5.41) is 11.0. The minimum atomic E-state index is -0.264. The highest BCUT2D eigenvalue weighted by Gasteiger charge is 2.23. The topological polar surface area (TPSA) is 99.3 Å². The molecule has 0 aliphatic heterocycles. The molecule has 27 heavy (non-hydrogen) atoms. The van der Waals surface area contributed by atoms with Crippen LogP contribution in [0.4, 0.5) is 16.2 Å². The fourth-order valence-electron chi connectivity index (χ4n) is 2.57. The number of urea groups is 1. The van der Waals surface area contributed by atoms with Crippen molar-refractivity contribution >= 4 is 29.2 Å². The molecule has 2 aromatic carbocycles. The third kappa shape index (κ3) is 4.84. The number of amides is 4. The number of hydrogen-bond acceptors (Lipinski definition) is 3. The lowest BCUT2D eigenvalue weighted by Crippen LogP contribution is -2.30. The molecule has 0 aromatic heterocycles. The largest absolute Gasteiger partial charge is 0.355 e. The van der Waals surface area contributed by atoms with Crippen molar-refractivity contribution in [2.24, 2.45) is 0 Å². The first-order chi connectivity index (χ1) is 13.0. The first-order valence-electron chi connectivity index (χ1n) is 8.78. The molecule has 0 atom stereocenters. The Kier molecular flexibility index (Phi) is 5.40. The Labute approximate surface area is 157 Å². The van der Waals surface area contributed by atoms with Crippen LogP contribution in [0.2, 0.25) is 0 Å². The molecular weight excluding hydrogens is 344 g/mol. The average Bonchev–Trinajstić information content (AvgIpc) is 3.47. The molecule has 0 bridgehead atoms. The molecule has 0 saturated heterocycles. The van der Waals surface area contributed by atoms with E-state index in [-0.39, 0.29) is 23.9 Å². The highest BCUT2D eigenvalue weighted by Crippen LogP contribution is 2.20. The molecule has 4 amide bonds. The van der Waals surface area contributed by atoms with Crippen LogP contribution in [0, 0.1) is 6.92 Å². The zero-order chi connectivity index (χ0) is 19.4. The maximum absolute atomic E-state index is 12.4. The van der Waals surface area contributed by atoms with E-state index in [1.165, 1.54) is 0 Å². The summed E-state index contributed by atoms with van der Waals surface area (Å²) in [6, 6.07) is 11.8. The Hall–Kier alpha value is -3.35. The summed E-state index contributed by atoms with van der Waals surface area (Å²) in [7, 11) is 1.57. The molecule has 0 unspecified atom stereocenters. The Morgan fingerprint density at radius 2 is 1.56 bits per heavy atom.